The minimum Gasteiger partial charge on any atom is -0.384 e. The summed E-state index contributed by atoms with van der Waals surface area (Å²) in [5, 5.41) is 4.43. The molecule has 0 aliphatic heterocycles. The molecule has 0 spiro atoms. The molecule has 0 saturated heterocycles. The third-order valence-corrected chi connectivity index (χ3v) is 3.13. The first-order valence-electron chi connectivity index (χ1n) is 4.80. The number of aryl methyl sites for hydroxylation is 1. The van der Waals surface area contributed by atoms with Gasteiger partial charge in [-0.1, -0.05) is 6.92 Å². The second-order valence-corrected chi connectivity index (χ2v) is 4.57. The van der Waals surface area contributed by atoms with Crippen LogP contribution in [-0.4, -0.2) is 9.78 Å². The van der Waals surface area contributed by atoms with Crippen molar-refractivity contribution in [3.8, 4) is 0 Å². The molecule has 3 nitrogen and oxygen atoms in total. The second kappa shape index (κ2) is 2.50. The van der Waals surface area contributed by atoms with E-state index < -0.39 is 0 Å². The fraction of sp³-hybridized carbons (Fsp3) is 0.700. The van der Waals surface area contributed by atoms with E-state index in [9.17, 15) is 0 Å². The average molecular weight is 179 g/mol. The van der Waals surface area contributed by atoms with Gasteiger partial charge < -0.3 is 5.73 Å². The Morgan fingerprint density at radius 3 is 2.54 bits per heavy atom. The number of hydrogen-bond acceptors (Lipinski definition) is 2. The van der Waals surface area contributed by atoms with Crippen molar-refractivity contribution in [3.05, 3.63) is 11.3 Å². The lowest BCUT2D eigenvalue weighted by Gasteiger charge is -2.04. The molecule has 13 heavy (non-hydrogen) atoms. The minimum absolute atomic E-state index is 0.519. The Bertz CT molecular complexity index is 334. The van der Waals surface area contributed by atoms with Gasteiger partial charge in [0.15, 0.2) is 0 Å². The van der Waals surface area contributed by atoms with Crippen LogP contribution in [-0.2, 0) is 13.5 Å². The molecule has 0 amide bonds. The van der Waals surface area contributed by atoms with E-state index >= 15 is 0 Å². The average Bonchev–Trinajstić information content (AvgIpc) is 2.74. The highest BCUT2D eigenvalue weighted by Gasteiger charge is 2.38. The molecule has 0 atom stereocenters. The Morgan fingerprint density at radius 2 is 2.15 bits per heavy atom. The summed E-state index contributed by atoms with van der Waals surface area (Å²) in [6, 6.07) is 0. The molecule has 0 unspecified atom stereocenters. The van der Waals surface area contributed by atoms with Crippen molar-refractivity contribution in [2.45, 2.75) is 33.1 Å². The van der Waals surface area contributed by atoms with Crippen molar-refractivity contribution in [2.75, 3.05) is 5.73 Å². The van der Waals surface area contributed by atoms with Gasteiger partial charge in [-0.15, -0.1) is 0 Å². The zero-order valence-corrected chi connectivity index (χ0v) is 8.59. The van der Waals surface area contributed by atoms with Crippen LogP contribution in [0.25, 0.3) is 0 Å². The quantitative estimate of drug-likeness (QED) is 0.750. The van der Waals surface area contributed by atoms with E-state index in [1.807, 2.05) is 7.05 Å². The molecule has 0 bridgehead atoms. The normalized spacial score (nSPS) is 19.0. The number of aromatic nitrogens is 2. The molecular weight excluding hydrogens is 162 g/mol. The molecule has 72 valence electrons. The van der Waals surface area contributed by atoms with Crippen molar-refractivity contribution < 1.29 is 0 Å². The van der Waals surface area contributed by atoms with Crippen molar-refractivity contribution in [2.24, 2.45) is 12.5 Å². The van der Waals surface area contributed by atoms with Crippen LogP contribution in [0, 0.1) is 12.3 Å². The summed E-state index contributed by atoms with van der Waals surface area (Å²) in [5.41, 5.74) is 8.70. The Labute approximate surface area is 78.9 Å². The van der Waals surface area contributed by atoms with Crippen LogP contribution >= 0.6 is 0 Å². The summed E-state index contributed by atoms with van der Waals surface area (Å²) in [6.07, 6.45) is 3.76. The van der Waals surface area contributed by atoms with Gasteiger partial charge in [0.1, 0.15) is 5.82 Å². The van der Waals surface area contributed by atoms with E-state index in [0.29, 0.717) is 5.41 Å². The van der Waals surface area contributed by atoms with Crippen LogP contribution in [0.4, 0.5) is 5.82 Å². The van der Waals surface area contributed by atoms with Crippen LogP contribution in [0.5, 0.6) is 0 Å². The number of anilines is 1. The van der Waals surface area contributed by atoms with Gasteiger partial charge in [0.2, 0.25) is 0 Å². The van der Waals surface area contributed by atoms with Gasteiger partial charge in [-0.05, 0) is 31.6 Å². The molecular formula is C10H17N3. The predicted molar refractivity (Wildman–Crippen MR) is 53.4 cm³/mol. The number of nitrogen functional groups attached to an aromatic ring is 1. The lowest BCUT2D eigenvalue weighted by atomic mass is 10.0. The van der Waals surface area contributed by atoms with Gasteiger partial charge in [-0.25, -0.2) is 0 Å². The fourth-order valence-electron chi connectivity index (χ4n) is 1.66. The summed E-state index contributed by atoms with van der Waals surface area (Å²) in [5.74, 6) is 0.805. The second-order valence-electron chi connectivity index (χ2n) is 4.57. The Hall–Kier alpha value is -0.990. The zero-order chi connectivity index (χ0) is 9.64. The van der Waals surface area contributed by atoms with E-state index in [1.54, 1.807) is 4.68 Å². The molecule has 1 aromatic rings. The van der Waals surface area contributed by atoms with Gasteiger partial charge in [0, 0.05) is 12.6 Å². The molecule has 1 aromatic heterocycles. The van der Waals surface area contributed by atoms with Crippen molar-refractivity contribution in [1.82, 2.24) is 9.78 Å². The lowest BCUT2D eigenvalue weighted by molar-refractivity contribution is 0.552. The van der Waals surface area contributed by atoms with Gasteiger partial charge in [0.05, 0.1) is 5.69 Å². The fourth-order valence-corrected chi connectivity index (χ4v) is 1.66. The summed E-state index contributed by atoms with van der Waals surface area (Å²) in [6.45, 7) is 4.38. The standard InChI is InChI=1S/C10H17N3/c1-7-8(6-10(2)4-5-10)12-13(3)9(7)11/h4-6,11H2,1-3H3. The SMILES string of the molecule is Cc1c(CC2(C)CC2)nn(C)c1N. The van der Waals surface area contributed by atoms with E-state index in [1.165, 1.54) is 18.5 Å². The Kier molecular flexibility index (Phi) is 1.65. The minimum atomic E-state index is 0.519. The van der Waals surface area contributed by atoms with Crippen LogP contribution < -0.4 is 5.73 Å². The first-order chi connectivity index (χ1) is 6.02. The van der Waals surface area contributed by atoms with Gasteiger partial charge in [-0.2, -0.15) is 5.10 Å². The van der Waals surface area contributed by atoms with Crippen LogP contribution in [0.3, 0.4) is 0 Å². The Morgan fingerprint density at radius 1 is 1.54 bits per heavy atom. The van der Waals surface area contributed by atoms with Gasteiger partial charge in [-0.3, -0.25) is 4.68 Å². The van der Waals surface area contributed by atoms with Crippen molar-refractivity contribution >= 4 is 5.82 Å². The van der Waals surface area contributed by atoms with Gasteiger partial charge in [0.25, 0.3) is 0 Å². The topological polar surface area (TPSA) is 43.8 Å². The third-order valence-electron chi connectivity index (χ3n) is 3.13. The molecule has 2 N–H and O–H groups in total. The van der Waals surface area contributed by atoms with Crippen molar-refractivity contribution in [1.29, 1.82) is 0 Å². The monoisotopic (exact) mass is 179 g/mol. The van der Waals surface area contributed by atoms with Gasteiger partial charge >= 0.3 is 0 Å². The third kappa shape index (κ3) is 1.43. The highest BCUT2D eigenvalue weighted by atomic mass is 15.3. The molecule has 1 saturated carbocycles. The molecule has 1 heterocycles. The lowest BCUT2D eigenvalue weighted by Crippen LogP contribution is -2.01. The predicted octanol–water partition coefficient (Wildman–Crippen LogP) is 1.65. The number of hydrogen-bond donors (Lipinski definition) is 1. The molecule has 1 fully saturated rings. The summed E-state index contributed by atoms with van der Waals surface area (Å²) in [7, 11) is 1.90. The summed E-state index contributed by atoms with van der Waals surface area (Å²) >= 11 is 0. The van der Waals surface area contributed by atoms with E-state index in [0.717, 1.165) is 17.8 Å². The molecule has 0 radical (unpaired) electrons. The highest BCUT2D eigenvalue weighted by molar-refractivity contribution is 5.42. The van der Waals surface area contributed by atoms with E-state index in [2.05, 4.69) is 18.9 Å². The van der Waals surface area contributed by atoms with Crippen molar-refractivity contribution in [3.63, 3.8) is 0 Å². The molecule has 3 heteroatoms. The van der Waals surface area contributed by atoms with E-state index in [-0.39, 0.29) is 0 Å². The maximum Gasteiger partial charge on any atom is 0.124 e. The Balaban J connectivity index is 2.25. The maximum atomic E-state index is 5.84. The largest absolute Gasteiger partial charge is 0.384 e. The van der Waals surface area contributed by atoms with E-state index in [4.69, 9.17) is 5.73 Å². The molecule has 2 rings (SSSR count). The maximum absolute atomic E-state index is 5.84. The van der Waals surface area contributed by atoms with Crippen LogP contribution in [0.2, 0.25) is 0 Å². The zero-order valence-electron chi connectivity index (χ0n) is 8.59. The number of nitrogens with zero attached hydrogens (tertiary/aromatic N) is 2. The molecule has 0 aromatic carbocycles. The number of rotatable bonds is 2. The first-order valence-corrected chi connectivity index (χ1v) is 4.80. The number of nitrogens with two attached hydrogens (primary N) is 1. The highest BCUT2D eigenvalue weighted by Crippen LogP contribution is 2.47. The smallest absolute Gasteiger partial charge is 0.124 e. The van der Waals surface area contributed by atoms with Crippen LogP contribution in [0.1, 0.15) is 31.0 Å². The first kappa shape index (κ1) is 8.60. The summed E-state index contributed by atoms with van der Waals surface area (Å²) < 4.78 is 1.77. The molecule has 1 aliphatic rings. The molecule has 1 aliphatic carbocycles. The summed E-state index contributed by atoms with van der Waals surface area (Å²) in [4.78, 5) is 0. The van der Waals surface area contributed by atoms with Crippen LogP contribution in [0.15, 0.2) is 0 Å².